The third-order valence-corrected chi connectivity index (χ3v) is 3.58. The van der Waals surface area contributed by atoms with Crippen LogP contribution in [0.25, 0.3) is 0 Å². The van der Waals surface area contributed by atoms with Gasteiger partial charge >= 0.3 is 0 Å². The van der Waals surface area contributed by atoms with Gasteiger partial charge in [0, 0.05) is 5.56 Å². The summed E-state index contributed by atoms with van der Waals surface area (Å²) in [5.41, 5.74) is 2.75. The molecule has 0 fully saturated rings. The van der Waals surface area contributed by atoms with Gasteiger partial charge in [0.15, 0.2) is 0 Å². The van der Waals surface area contributed by atoms with Crippen molar-refractivity contribution in [2.24, 2.45) is 0 Å². The zero-order valence-electron chi connectivity index (χ0n) is 12.8. The van der Waals surface area contributed by atoms with Crippen LogP contribution in [0.3, 0.4) is 0 Å². The molecule has 0 bridgehead atoms. The molecule has 21 heavy (non-hydrogen) atoms. The van der Waals surface area contributed by atoms with E-state index in [4.69, 9.17) is 4.74 Å². The molecule has 0 saturated carbocycles. The third kappa shape index (κ3) is 3.61. The molecule has 0 aliphatic carbocycles. The first kappa shape index (κ1) is 15.5. The Kier molecular flexibility index (Phi) is 5.34. The molecule has 2 rings (SSSR count). The predicted molar refractivity (Wildman–Crippen MR) is 84.3 cm³/mol. The van der Waals surface area contributed by atoms with Crippen LogP contribution in [0, 0.1) is 12.7 Å². The molecule has 2 nitrogen and oxygen atoms in total. The first-order chi connectivity index (χ1) is 10.2. The summed E-state index contributed by atoms with van der Waals surface area (Å²) in [7, 11) is 1.66. The van der Waals surface area contributed by atoms with E-state index in [1.54, 1.807) is 13.2 Å². The van der Waals surface area contributed by atoms with Gasteiger partial charge in [-0.15, -0.1) is 0 Å². The van der Waals surface area contributed by atoms with Gasteiger partial charge in [-0.1, -0.05) is 37.3 Å². The minimum atomic E-state index is -0.189. The highest BCUT2D eigenvalue weighted by atomic mass is 19.1. The fourth-order valence-electron chi connectivity index (χ4n) is 2.42. The number of hydrogen-bond donors (Lipinski definition) is 1. The molecule has 2 aromatic carbocycles. The minimum Gasteiger partial charge on any atom is -0.496 e. The number of rotatable bonds is 6. The van der Waals surface area contributed by atoms with E-state index in [0.29, 0.717) is 5.56 Å². The Labute approximate surface area is 126 Å². The van der Waals surface area contributed by atoms with E-state index in [2.05, 4.69) is 12.2 Å². The molecular weight excluding hydrogens is 265 g/mol. The standard InChI is InChI=1S/C18H22FNO/c1-4-11-20-18(15-7-5-6-8-16(15)19)14-10-9-13(2)17(12-14)21-3/h5-10,12,18,20H,4,11H2,1-3H3. The Bertz CT molecular complexity index is 598. The SMILES string of the molecule is CCCNC(c1ccc(C)c(OC)c1)c1ccccc1F. The molecule has 1 unspecified atom stereocenters. The average Bonchev–Trinajstić information content (AvgIpc) is 2.50. The summed E-state index contributed by atoms with van der Waals surface area (Å²) in [5.74, 6) is 0.637. The first-order valence-electron chi connectivity index (χ1n) is 7.29. The summed E-state index contributed by atoms with van der Waals surface area (Å²) in [4.78, 5) is 0. The second-order valence-corrected chi connectivity index (χ2v) is 5.14. The van der Waals surface area contributed by atoms with E-state index in [0.717, 1.165) is 29.8 Å². The summed E-state index contributed by atoms with van der Waals surface area (Å²) in [6, 6.07) is 12.8. The quantitative estimate of drug-likeness (QED) is 0.858. The Hall–Kier alpha value is -1.87. The van der Waals surface area contributed by atoms with Gasteiger partial charge in [0.25, 0.3) is 0 Å². The number of aryl methyl sites for hydroxylation is 1. The van der Waals surface area contributed by atoms with Crippen molar-refractivity contribution in [3.63, 3.8) is 0 Å². The normalized spacial score (nSPS) is 12.2. The van der Waals surface area contributed by atoms with Crippen LogP contribution in [0.1, 0.15) is 36.1 Å². The molecule has 1 atom stereocenters. The summed E-state index contributed by atoms with van der Waals surface area (Å²) >= 11 is 0. The number of nitrogens with one attached hydrogen (secondary N) is 1. The van der Waals surface area contributed by atoms with Crippen molar-refractivity contribution < 1.29 is 9.13 Å². The van der Waals surface area contributed by atoms with Crippen LogP contribution in [0.2, 0.25) is 0 Å². The zero-order valence-corrected chi connectivity index (χ0v) is 12.8. The Morgan fingerprint density at radius 3 is 2.62 bits per heavy atom. The third-order valence-electron chi connectivity index (χ3n) is 3.58. The van der Waals surface area contributed by atoms with Gasteiger partial charge in [-0.25, -0.2) is 4.39 Å². The van der Waals surface area contributed by atoms with Gasteiger partial charge in [0.2, 0.25) is 0 Å². The second kappa shape index (κ2) is 7.23. The van der Waals surface area contributed by atoms with E-state index < -0.39 is 0 Å². The van der Waals surface area contributed by atoms with Crippen LogP contribution in [-0.2, 0) is 0 Å². The van der Waals surface area contributed by atoms with Crippen molar-refractivity contribution in [1.29, 1.82) is 0 Å². The summed E-state index contributed by atoms with van der Waals surface area (Å²) in [5, 5.41) is 3.42. The van der Waals surface area contributed by atoms with E-state index >= 15 is 0 Å². The summed E-state index contributed by atoms with van der Waals surface area (Å²) < 4.78 is 19.5. The fraction of sp³-hybridized carbons (Fsp3) is 0.333. The molecule has 0 saturated heterocycles. The average molecular weight is 287 g/mol. The Balaban J connectivity index is 2.43. The van der Waals surface area contributed by atoms with Crippen molar-refractivity contribution in [2.45, 2.75) is 26.3 Å². The molecule has 0 aliphatic rings. The number of halogens is 1. The highest BCUT2D eigenvalue weighted by molar-refractivity contribution is 5.41. The molecular formula is C18H22FNO. The Morgan fingerprint density at radius 2 is 1.95 bits per heavy atom. The first-order valence-corrected chi connectivity index (χ1v) is 7.29. The molecule has 0 radical (unpaired) electrons. The monoisotopic (exact) mass is 287 g/mol. The lowest BCUT2D eigenvalue weighted by molar-refractivity contribution is 0.410. The lowest BCUT2D eigenvalue weighted by Crippen LogP contribution is -2.24. The van der Waals surface area contributed by atoms with Gasteiger partial charge in [0.05, 0.1) is 13.2 Å². The van der Waals surface area contributed by atoms with Gasteiger partial charge < -0.3 is 10.1 Å². The lowest BCUT2D eigenvalue weighted by atomic mass is 9.96. The van der Waals surface area contributed by atoms with Crippen LogP contribution in [0.5, 0.6) is 5.75 Å². The molecule has 0 aliphatic heterocycles. The molecule has 0 spiro atoms. The van der Waals surface area contributed by atoms with Crippen molar-refractivity contribution in [2.75, 3.05) is 13.7 Å². The molecule has 2 aromatic rings. The maximum atomic E-state index is 14.1. The molecule has 3 heteroatoms. The molecule has 0 aromatic heterocycles. The Morgan fingerprint density at radius 1 is 1.19 bits per heavy atom. The number of hydrogen-bond acceptors (Lipinski definition) is 2. The highest BCUT2D eigenvalue weighted by Gasteiger charge is 2.17. The predicted octanol–water partition coefficient (Wildman–Crippen LogP) is 4.23. The van der Waals surface area contributed by atoms with E-state index in [-0.39, 0.29) is 11.9 Å². The van der Waals surface area contributed by atoms with Crippen LogP contribution in [-0.4, -0.2) is 13.7 Å². The number of benzene rings is 2. The van der Waals surface area contributed by atoms with Crippen molar-refractivity contribution in [1.82, 2.24) is 5.32 Å². The highest BCUT2D eigenvalue weighted by Crippen LogP contribution is 2.28. The van der Waals surface area contributed by atoms with E-state index in [1.165, 1.54) is 6.07 Å². The van der Waals surface area contributed by atoms with E-state index in [1.807, 2.05) is 37.3 Å². The van der Waals surface area contributed by atoms with Gasteiger partial charge in [-0.05, 0) is 43.1 Å². The van der Waals surface area contributed by atoms with Gasteiger partial charge in [-0.2, -0.15) is 0 Å². The number of ether oxygens (including phenoxy) is 1. The maximum absolute atomic E-state index is 14.1. The lowest BCUT2D eigenvalue weighted by Gasteiger charge is -2.21. The van der Waals surface area contributed by atoms with E-state index in [9.17, 15) is 4.39 Å². The molecule has 1 N–H and O–H groups in total. The summed E-state index contributed by atoms with van der Waals surface area (Å²) in [6.45, 7) is 4.93. The van der Waals surface area contributed by atoms with Gasteiger partial charge in [0.1, 0.15) is 11.6 Å². The zero-order chi connectivity index (χ0) is 15.2. The smallest absolute Gasteiger partial charge is 0.128 e. The van der Waals surface area contributed by atoms with Crippen molar-refractivity contribution in [3.8, 4) is 5.75 Å². The van der Waals surface area contributed by atoms with Crippen LogP contribution in [0.15, 0.2) is 42.5 Å². The summed E-state index contributed by atoms with van der Waals surface area (Å²) in [6.07, 6.45) is 0.994. The van der Waals surface area contributed by atoms with Crippen LogP contribution >= 0.6 is 0 Å². The second-order valence-electron chi connectivity index (χ2n) is 5.14. The largest absolute Gasteiger partial charge is 0.496 e. The maximum Gasteiger partial charge on any atom is 0.128 e. The van der Waals surface area contributed by atoms with Crippen LogP contribution in [0.4, 0.5) is 4.39 Å². The molecule has 112 valence electrons. The van der Waals surface area contributed by atoms with Crippen molar-refractivity contribution >= 4 is 0 Å². The molecule has 0 heterocycles. The number of methoxy groups -OCH3 is 1. The molecule has 0 amide bonds. The fourth-order valence-corrected chi connectivity index (χ4v) is 2.42. The topological polar surface area (TPSA) is 21.3 Å². The van der Waals surface area contributed by atoms with Crippen molar-refractivity contribution in [3.05, 3.63) is 65.0 Å². The minimum absolute atomic E-state index is 0.166. The van der Waals surface area contributed by atoms with Crippen LogP contribution < -0.4 is 10.1 Å². The van der Waals surface area contributed by atoms with Gasteiger partial charge in [-0.3, -0.25) is 0 Å².